The van der Waals surface area contributed by atoms with E-state index in [0.29, 0.717) is 11.2 Å². The molecule has 0 aromatic heterocycles. The Labute approximate surface area is 89.6 Å². The zero-order chi connectivity index (χ0) is 10.1. The molecule has 0 saturated heterocycles. The van der Waals surface area contributed by atoms with E-state index < -0.39 is 0 Å². The van der Waals surface area contributed by atoms with Crippen molar-refractivity contribution >= 4 is 21.8 Å². The van der Waals surface area contributed by atoms with Crippen LogP contribution in [-0.2, 0) is 4.79 Å². The van der Waals surface area contributed by atoms with Crippen molar-refractivity contribution in [3.8, 4) is 0 Å². The van der Waals surface area contributed by atoms with Crippen molar-refractivity contribution in [2.24, 2.45) is 5.92 Å². The zero-order valence-electron chi connectivity index (χ0n) is 8.61. The van der Waals surface area contributed by atoms with Crippen LogP contribution in [0.15, 0.2) is 0 Å². The van der Waals surface area contributed by atoms with E-state index in [1.54, 1.807) is 0 Å². The summed E-state index contributed by atoms with van der Waals surface area (Å²) >= 11 is 3.13. The van der Waals surface area contributed by atoms with E-state index in [-0.39, 0.29) is 5.91 Å². The molecule has 1 N–H and O–H groups in total. The van der Waals surface area contributed by atoms with Crippen molar-refractivity contribution < 1.29 is 4.79 Å². The first-order chi connectivity index (χ1) is 6.24. The molecule has 3 heteroatoms. The molecule has 2 nitrogen and oxygen atoms in total. The SMILES string of the molecule is CCCCC(CC)CNC(=O)CBr. The first-order valence-corrected chi connectivity index (χ1v) is 6.19. The smallest absolute Gasteiger partial charge is 0.230 e. The number of carbonyl (C=O) groups excluding carboxylic acids is 1. The minimum atomic E-state index is 0.0925. The molecule has 0 aliphatic rings. The minimum Gasteiger partial charge on any atom is -0.355 e. The molecule has 1 unspecified atom stereocenters. The average Bonchev–Trinajstić information content (AvgIpc) is 2.17. The van der Waals surface area contributed by atoms with Gasteiger partial charge in [0.1, 0.15) is 0 Å². The Bertz CT molecular complexity index is 139. The first kappa shape index (κ1) is 12.9. The lowest BCUT2D eigenvalue weighted by atomic mass is 9.99. The zero-order valence-corrected chi connectivity index (χ0v) is 10.2. The predicted octanol–water partition coefficient (Wildman–Crippen LogP) is 2.71. The van der Waals surface area contributed by atoms with Crippen LogP contribution in [0.4, 0.5) is 0 Å². The Balaban J connectivity index is 3.52. The standard InChI is InChI=1S/C10H20BrNO/c1-3-5-6-9(4-2)8-12-10(13)7-11/h9H,3-8H2,1-2H3,(H,12,13). The van der Waals surface area contributed by atoms with Gasteiger partial charge >= 0.3 is 0 Å². The van der Waals surface area contributed by atoms with Gasteiger partial charge in [0.15, 0.2) is 0 Å². The molecule has 0 bridgehead atoms. The number of unbranched alkanes of at least 4 members (excludes halogenated alkanes) is 1. The Morgan fingerprint density at radius 1 is 1.46 bits per heavy atom. The van der Waals surface area contributed by atoms with E-state index in [1.165, 1.54) is 19.3 Å². The van der Waals surface area contributed by atoms with Gasteiger partial charge in [0.05, 0.1) is 5.33 Å². The summed E-state index contributed by atoms with van der Waals surface area (Å²) in [5.41, 5.74) is 0. The topological polar surface area (TPSA) is 29.1 Å². The third-order valence-corrected chi connectivity index (χ3v) is 2.76. The molecule has 78 valence electrons. The molecule has 0 aromatic carbocycles. The van der Waals surface area contributed by atoms with Crippen molar-refractivity contribution in [2.75, 3.05) is 11.9 Å². The molecule has 0 aliphatic heterocycles. The summed E-state index contributed by atoms with van der Waals surface area (Å²) in [6.45, 7) is 5.21. The highest BCUT2D eigenvalue weighted by molar-refractivity contribution is 9.09. The summed E-state index contributed by atoms with van der Waals surface area (Å²) in [5.74, 6) is 0.748. The van der Waals surface area contributed by atoms with Gasteiger partial charge in [-0.05, 0) is 12.3 Å². The van der Waals surface area contributed by atoms with Gasteiger partial charge in [-0.2, -0.15) is 0 Å². The fourth-order valence-corrected chi connectivity index (χ4v) is 1.45. The van der Waals surface area contributed by atoms with Gasteiger partial charge in [-0.3, -0.25) is 4.79 Å². The quantitative estimate of drug-likeness (QED) is 0.691. The lowest BCUT2D eigenvalue weighted by Crippen LogP contribution is -2.29. The van der Waals surface area contributed by atoms with Crippen LogP contribution in [0, 0.1) is 5.92 Å². The number of carbonyl (C=O) groups is 1. The Morgan fingerprint density at radius 2 is 2.15 bits per heavy atom. The van der Waals surface area contributed by atoms with Crippen molar-refractivity contribution in [3.05, 3.63) is 0 Å². The van der Waals surface area contributed by atoms with Crippen LogP contribution < -0.4 is 5.32 Å². The van der Waals surface area contributed by atoms with Crippen LogP contribution in [-0.4, -0.2) is 17.8 Å². The van der Waals surface area contributed by atoms with E-state index in [0.717, 1.165) is 13.0 Å². The molecule has 0 saturated carbocycles. The van der Waals surface area contributed by atoms with Crippen molar-refractivity contribution in [1.82, 2.24) is 5.32 Å². The second kappa shape index (κ2) is 8.54. The van der Waals surface area contributed by atoms with Crippen molar-refractivity contribution in [1.29, 1.82) is 0 Å². The minimum absolute atomic E-state index is 0.0925. The molecule has 0 rings (SSSR count). The Morgan fingerprint density at radius 3 is 2.62 bits per heavy atom. The van der Waals surface area contributed by atoms with Crippen LogP contribution in [0.5, 0.6) is 0 Å². The number of alkyl halides is 1. The van der Waals surface area contributed by atoms with Crippen molar-refractivity contribution in [2.45, 2.75) is 39.5 Å². The Hall–Kier alpha value is -0.0500. The number of hydrogen-bond acceptors (Lipinski definition) is 1. The fourth-order valence-electron chi connectivity index (χ4n) is 1.25. The van der Waals surface area contributed by atoms with Crippen LogP contribution in [0.3, 0.4) is 0 Å². The highest BCUT2D eigenvalue weighted by Crippen LogP contribution is 2.10. The monoisotopic (exact) mass is 249 g/mol. The number of nitrogens with one attached hydrogen (secondary N) is 1. The molecule has 0 spiro atoms. The maximum Gasteiger partial charge on any atom is 0.230 e. The molecular weight excluding hydrogens is 230 g/mol. The van der Waals surface area contributed by atoms with Crippen LogP contribution in [0.25, 0.3) is 0 Å². The van der Waals surface area contributed by atoms with Crippen molar-refractivity contribution in [3.63, 3.8) is 0 Å². The summed E-state index contributed by atoms with van der Waals surface area (Å²) in [6, 6.07) is 0. The first-order valence-electron chi connectivity index (χ1n) is 5.07. The van der Waals surface area contributed by atoms with Crippen LogP contribution >= 0.6 is 15.9 Å². The normalized spacial score (nSPS) is 12.5. The average molecular weight is 250 g/mol. The van der Waals surface area contributed by atoms with Gasteiger partial charge in [0.25, 0.3) is 0 Å². The molecule has 1 atom stereocenters. The maximum atomic E-state index is 10.9. The summed E-state index contributed by atoms with van der Waals surface area (Å²) < 4.78 is 0. The number of hydrogen-bond donors (Lipinski definition) is 1. The van der Waals surface area contributed by atoms with Gasteiger partial charge < -0.3 is 5.32 Å². The lowest BCUT2D eigenvalue weighted by molar-refractivity contribution is -0.118. The fraction of sp³-hybridized carbons (Fsp3) is 0.900. The van der Waals surface area contributed by atoms with E-state index in [4.69, 9.17) is 0 Å². The molecule has 0 aliphatic carbocycles. The van der Waals surface area contributed by atoms with Crippen LogP contribution in [0.2, 0.25) is 0 Å². The summed E-state index contributed by atoms with van der Waals surface area (Å²) in [6.07, 6.45) is 4.89. The predicted molar refractivity (Wildman–Crippen MR) is 60.1 cm³/mol. The summed E-state index contributed by atoms with van der Waals surface area (Å²) in [5, 5.41) is 3.32. The van der Waals surface area contributed by atoms with Gasteiger partial charge in [-0.1, -0.05) is 49.0 Å². The second-order valence-corrected chi connectivity index (χ2v) is 3.91. The van der Waals surface area contributed by atoms with Gasteiger partial charge in [-0.25, -0.2) is 0 Å². The largest absolute Gasteiger partial charge is 0.355 e. The molecule has 0 fully saturated rings. The number of rotatable bonds is 7. The highest BCUT2D eigenvalue weighted by Gasteiger charge is 2.06. The maximum absolute atomic E-state index is 10.9. The second-order valence-electron chi connectivity index (χ2n) is 3.35. The van der Waals surface area contributed by atoms with Crippen LogP contribution in [0.1, 0.15) is 39.5 Å². The molecule has 1 amide bonds. The summed E-state index contributed by atoms with van der Waals surface area (Å²) in [7, 11) is 0. The highest BCUT2D eigenvalue weighted by atomic mass is 79.9. The van der Waals surface area contributed by atoms with Gasteiger partial charge in [0, 0.05) is 6.54 Å². The van der Waals surface area contributed by atoms with E-state index in [1.807, 2.05) is 0 Å². The molecule has 13 heavy (non-hydrogen) atoms. The molecular formula is C10H20BrNO. The molecule has 0 radical (unpaired) electrons. The van der Waals surface area contributed by atoms with E-state index >= 15 is 0 Å². The third-order valence-electron chi connectivity index (χ3n) is 2.25. The van der Waals surface area contributed by atoms with E-state index in [2.05, 4.69) is 35.1 Å². The Kier molecular flexibility index (Phi) is 8.51. The third kappa shape index (κ3) is 7.05. The number of halogens is 1. The molecule has 0 heterocycles. The number of amides is 1. The lowest BCUT2D eigenvalue weighted by Gasteiger charge is -2.14. The summed E-state index contributed by atoms with van der Waals surface area (Å²) in [4.78, 5) is 10.9. The van der Waals surface area contributed by atoms with E-state index in [9.17, 15) is 4.79 Å². The van der Waals surface area contributed by atoms with Gasteiger partial charge in [0.2, 0.25) is 5.91 Å². The molecule has 0 aromatic rings. The van der Waals surface area contributed by atoms with Gasteiger partial charge in [-0.15, -0.1) is 0 Å².